The molecule has 0 aliphatic heterocycles. The molecule has 3 heteroatoms. The maximum absolute atomic E-state index is 8.80. The topological polar surface area (TPSA) is 50.8 Å². The summed E-state index contributed by atoms with van der Waals surface area (Å²) in [6.45, 7) is 6.27. The van der Waals surface area contributed by atoms with Gasteiger partial charge in [0.15, 0.2) is 0 Å². The summed E-state index contributed by atoms with van der Waals surface area (Å²) in [5.41, 5.74) is 2.99. The number of hydrogen-bond donors (Lipinski definition) is 0. The van der Waals surface area contributed by atoms with Gasteiger partial charge in [-0.05, 0) is 43.1 Å². The van der Waals surface area contributed by atoms with Gasteiger partial charge in [-0.1, -0.05) is 13.0 Å². The van der Waals surface area contributed by atoms with Gasteiger partial charge in [0.05, 0.1) is 24.2 Å². The van der Waals surface area contributed by atoms with Crippen molar-refractivity contribution in [2.24, 2.45) is 0 Å². The number of aryl methyl sites for hydroxylation is 1. The highest BCUT2D eigenvalue weighted by atomic mass is 15.1. The normalized spacial score (nSPS) is 9.94. The van der Waals surface area contributed by atoms with E-state index in [0.29, 0.717) is 12.1 Å². The fraction of sp³-hybridized carbons (Fsp3) is 0.429. The molecule has 0 bridgehead atoms. The molecule has 0 atom stereocenters. The van der Waals surface area contributed by atoms with Gasteiger partial charge in [0.25, 0.3) is 0 Å². The molecule has 17 heavy (non-hydrogen) atoms. The van der Waals surface area contributed by atoms with Crippen LogP contribution < -0.4 is 0 Å². The van der Waals surface area contributed by atoms with Crippen molar-refractivity contribution in [3.63, 3.8) is 0 Å². The molecule has 0 radical (unpaired) electrons. The van der Waals surface area contributed by atoms with Crippen molar-refractivity contribution in [2.75, 3.05) is 13.1 Å². The van der Waals surface area contributed by atoms with Crippen LogP contribution in [0.2, 0.25) is 0 Å². The summed E-state index contributed by atoms with van der Waals surface area (Å²) in [5.74, 6) is 0. The second-order valence-corrected chi connectivity index (χ2v) is 4.12. The minimum absolute atomic E-state index is 0.452. The van der Waals surface area contributed by atoms with E-state index in [1.807, 2.05) is 25.1 Å². The fourth-order valence-corrected chi connectivity index (χ4v) is 1.81. The van der Waals surface area contributed by atoms with Crippen molar-refractivity contribution >= 4 is 0 Å². The Kier molecular flexibility index (Phi) is 5.20. The summed E-state index contributed by atoms with van der Waals surface area (Å²) in [6.07, 6.45) is 1.04. The van der Waals surface area contributed by atoms with Crippen LogP contribution in [-0.4, -0.2) is 18.0 Å². The maximum atomic E-state index is 8.80. The summed E-state index contributed by atoms with van der Waals surface area (Å²) in [5, 5.41) is 17.6. The lowest BCUT2D eigenvalue weighted by Crippen LogP contribution is -2.24. The van der Waals surface area contributed by atoms with Gasteiger partial charge in [-0.25, -0.2) is 0 Å². The highest BCUT2D eigenvalue weighted by Gasteiger charge is 2.06. The Morgan fingerprint density at radius 3 is 2.59 bits per heavy atom. The Labute approximate surface area is 103 Å². The lowest BCUT2D eigenvalue weighted by Gasteiger charge is -2.19. The van der Waals surface area contributed by atoms with Crippen molar-refractivity contribution in [2.45, 2.75) is 26.8 Å². The van der Waals surface area contributed by atoms with Gasteiger partial charge in [-0.2, -0.15) is 10.5 Å². The van der Waals surface area contributed by atoms with Crippen LogP contribution in [0.4, 0.5) is 0 Å². The molecular weight excluding hydrogens is 210 g/mol. The zero-order valence-corrected chi connectivity index (χ0v) is 10.4. The molecule has 1 aromatic rings. The summed E-state index contributed by atoms with van der Waals surface area (Å²) in [6, 6.07) is 10.0. The smallest absolute Gasteiger partial charge is 0.0991 e. The van der Waals surface area contributed by atoms with Crippen LogP contribution in [0, 0.1) is 29.6 Å². The average Bonchev–Trinajstić information content (AvgIpc) is 2.32. The molecule has 0 amide bonds. The zero-order valence-electron chi connectivity index (χ0n) is 10.4. The van der Waals surface area contributed by atoms with Gasteiger partial charge < -0.3 is 0 Å². The fourth-order valence-electron chi connectivity index (χ4n) is 1.81. The highest BCUT2D eigenvalue weighted by Crippen LogP contribution is 2.13. The molecule has 1 aromatic carbocycles. The van der Waals surface area contributed by atoms with Crippen LogP contribution in [0.15, 0.2) is 18.2 Å². The Balaban J connectivity index is 2.80. The summed E-state index contributed by atoms with van der Waals surface area (Å²) in [4.78, 5) is 2.12. The van der Waals surface area contributed by atoms with Crippen LogP contribution in [-0.2, 0) is 6.54 Å². The summed E-state index contributed by atoms with van der Waals surface area (Å²) in [7, 11) is 0. The van der Waals surface area contributed by atoms with E-state index in [9.17, 15) is 0 Å². The highest BCUT2D eigenvalue weighted by molar-refractivity contribution is 5.37. The van der Waals surface area contributed by atoms with Crippen LogP contribution >= 0.6 is 0 Å². The molecule has 0 unspecified atom stereocenters. The summed E-state index contributed by atoms with van der Waals surface area (Å²) >= 11 is 0. The van der Waals surface area contributed by atoms with Gasteiger partial charge in [0.2, 0.25) is 0 Å². The molecule has 0 aliphatic rings. The molecule has 0 saturated carbocycles. The molecule has 0 saturated heterocycles. The van der Waals surface area contributed by atoms with E-state index in [2.05, 4.69) is 24.0 Å². The second-order valence-electron chi connectivity index (χ2n) is 4.12. The monoisotopic (exact) mass is 227 g/mol. The zero-order chi connectivity index (χ0) is 12.7. The Morgan fingerprint density at radius 2 is 2.06 bits per heavy atom. The molecular formula is C14H17N3. The van der Waals surface area contributed by atoms with Gasteiger partial charge >= 0.3 is 0 Å². The first-order valence-electron chi connectivity index (χ1n) is 5.80. The van der Waals surface area contributed by atoms with Crippen LogP contribution in [0.5, 0.6) is 0 Å². The Morgan fingerprint density at radius 1 is 1.29 bits per heavy atom. The molecule has 0 spiro atoms. The molecule has 0 heterocycles. The van der Waals surface area contributed by atoms with E-state index in [0.717, 1.165) is 25.1 Å². The van der Waals surface area contributed by atoms with Gasteiger partial charge in [-0.15, -0.1) is 0 Å². The second kappa shape index (κ2) is 6.68. The van der Waals surface area contributed by atoms with Crippen LogP contribution in [0.25, 0.3) is 0 Å². The van der Waals surface area contributed by atoms with Crippen molar-refractivity contribution in [1.29, 1.82) is 10.5 Å². The van der Waals surface area contributed by atoms with Gasteiger partial charge in [0, 0.05) is 6.54 Å². The molecule has 0 N–H and O–H groups in total. The minimum atomic E-state index is 0.452. The SMILES string of the molecule is CCCN(CC#N)Cc1ccc(C#N)cc1C. The Hall–Kier alpha value is -1.84. The molecule has 0 aromatic heterocycles. The van der Waals surface area contributed by atoms with E-state index in [1.165, 1.54) is 5.56 Å². The van der Waals surface area contributed by atoms with Crippen molar-refractivity contribution in [3.05, 3.63) is 34.9 Å². The lowest BCUT2D eigenvalue weighted by atomic mass is 10.1. The van der Waals surface area contributed by atoms with Gasteiger partial charge in [-0.3, -0.25) is 4.90 Å². The Bertz CT molecular complexity index is 452. The predicted octanol–water partition coefficient (Wildman–Crippen LogP) is 2.60. The van der Waals surface area contributed by atoms with Gasteiger partial charge in [0.1, 0.15) is 0 Å². The number of benzene rings is 1. The molecule has 0 fully saturated rings. The van der Waals surface area contributed by atoms with E-state index >= 15 is 0 Å². The van der Waals surface area contributed by atoms with Crippen molar-refractivity contribution in [1.82, 2.24) is 4.90 Å². The van der Waals surface area contributed by atoms with E-state index < -0.39 is 0 Å². The quantitative estimate of drug-likeness (QED) is 0.726. The first-order valence-corrected chi connectivity index (χ1v) is 5.80. The third kappa shape index (κ3) is 3.90. The van der Waals surface area contributed by atoms with E-state index in [1.54, 1.807) is 0 Å². The molecule has 3 nitrogen and oxygen atoms in total. The number of hydrogen-bond acceptors (Lipinski definition) is 3. The number of nitrogens with zero attached hydrogens (tertiary/aromatic N) is 3. The molecule has 0 aliphatic carbocycles. The summed E-state index contributed by atoms with van der Waals surface area (Å²) < 4.78 is 0. The van der Waals surface area contributed by atoms with Crippen molar-refractivity contribution < 1.29 is 0 Å². The standard InChI is InChI=1S/C14H17N3/c1-3-7-17(8-6-15)11-14-5-4-13(10-16)9-12(14)2/h4-5,9H,3,7-8,11H2,1-2H3. The first kappa shape index (κ1) is 13.2. The lowest BCUT2D eigenvalue weighted by molar-refractivity contribution is 0.298. The van der Waals surface area contributed by atoms with Crippen LogP contribution in [0.1, 0.15) is 30.0 Å². The van der Waals surface area contributed by atoms with E-state index in [-0.39, 0.29) is 0 Å². The van der Waals surface area contributed by atoms with Crippen LogP contribution in [0.3, 0.4) is 0 Å². The third-order valence-electron chi connectivity index (χ3n) is 2.70. The molecule has 1 rings (SSSR count). The number of nitriles is 2. The maximum Gasteiger partial charge on any atom is 0.0991 e. The molecule has 88 valence electrons. The predicted molar refractivity (Wildman–Crippen MR) is 67.1 cm³/mol. The number of rotatable bonds is 5. The minimum Gasteiger partial charge on any atom is -0.286 e. The first-order chi connectivity index (χ1) is 8.21. The average molecular weight is 227 g/mol. The largest absolute Gasteiger partial charge is 0.286 e. The van der Waals surface area contributed by atoms with Crippen molar-refractivity contribution in [3.8, 4) is 12.1 Å². The van der Waals surface area contributed by atoms with E-state index in [4.69, 9.17) is 10.5 Å². The third-order valence-corrected chi connectivity index (χ3v) is 2.70.